The number of hydrogen-bond donors (Lipinski definition) is 2. The minimum Gasteiger partial charge on any atom is -0.487 e. The van der Waals surface area contributed by atoms with E-state index in [1.807, 2.05) is 49.4 Å². The molecule has 3 aromatic rings. The zero-order valence-corrected chi connectivity index (χ0v) is 18.2. The van der Waals surface area contributed by atoms with Crippen LogP contribution < -0.4 is 15.4 Å². The van der Waals surface area contributed by atoms with Crippen LogP contribution in [0.5, 0.6) is 5.75 Å². The standard InChI is InChI=1S/C25H25N3O4/c1-15(2)32-25(30)28-23-12-21-20-10-9-18(11-19(20)14-31-22(21)13-26-23)24(29)27-16(3)17-7-5-4-6-8-17/h4-13,15-16H,14H2,1-3H3,(H,27,29)(H,26,28,30). The number of benzene rings is 2. The number of pyridine rings is 1. The lowest BCUT2D eigenvalue weighted by Crippen LogP contribution is -2.26. The molecule has 164 valence electrons. The lowest BCUT2D eigenvalue weighted by atomic mass is 9.95. The van der Waals surface area contributed by atoms with E-state index in [1.165, 1.54) is 0 Å². The Balaban J connectivity index is 1.53. The molecule has 0 bridgehead atoms. The summed E-state index contributed by atoms with van der Waals surface area (Å²) in [5.41, 5.74) is 4.22. The molecular weight excluding hydrogens is 406 g/mol. The Hall–Kier alpha value is -3.87. The minimum atomic E-state index is -0.566. The number of amides is 2. The summed E-state index contributed by atoms with van der Waals surface area (Å²) in [6, 6.07) is 17.0. The van der Waals surface area contributed by atoms with Crippen LogP contribution >= 0.6 is 0 Å². The quantitative estimate of drug-likeness (QED) is 0.587. The highest BCUT2D eigenvalue weighted by Gasteiger charge is 2.21. The van der Waals surface area contributed by atoms with Crippen LogP contribution in [0.4, 0.5) is 10.6 Å². The smallest absolute Gasteiger partial charge is 0.413 e. The summed E-state index contributed by atoms with van der Waals surface area (Å²) < 4.78 is 10.9. The Bertz CT molecular complexity index is 1150. The van der Waals surface area contributed by atoms with Gasteiger partial charge in [-0.3, -0.25) is 10.1 Å². The third-order valence-corrected chi connectivity index (χ3v) is 5.13. The van der Waals surface area contributed by atoms with E-state index in [9.17, 15) is 9.59 Å². The monoisotopic (exact) mass is 431 g/mol. The van der Waals surface area contributed by atoms with Crippen molar-refractivity contribution in [3.8, 4) is 16.9 Å². The molecule has 2 N–H and O–H groups in total. The third-order valence-electron chi connectivity index (χ3n) is 5.13. The highest BCUT2D eigenvalue weighted by molar-refractivity contribution is 5.96. The van der Waals surface area contributed by atoms with E-state index in [2.05, 4.69) is 15.6 Å². The van der Waals surface area contributed by atoms with E-state index in [0.717, 1.165) is 22.3 Å². The van der Waals surface area contributed by atoms with Crippen molar-refractivity contribution in [1.29, 1.82) is 0 Å². The van der Waals surface area contributed by atoms with Crippen molar-refractivity contribution in [2.45, 2.75) is 39.5 Å². The van der Waals surface area contributed by atoms with E-state index in [-0.39, 0.29) is 18.1 Å². The molecule has 0 saturated heterocycles. The molecule has 1 unspecified atom stereocenters. The van der Waals surface area contributed by atoms with E-state index in [4.69, 9.17) is 9.47 Å². The molecule has 0 radical (unpaired) electrons. The second-order valence-electron chi connectivity index (χ2n) is 7.91. The highest BCUT2D eigenvalue weighted by Crippen LogP contribution is 2.38. The second-order valence-corrected chi connectivity index (χ2v) is 7.91. The fourth-order valence-corrected chi connectivity index (χ4v) is 3.56. The fraction of sp³-hybridized carbons (Fsp3) is 0.240. The molecule has 1 aromatic heterocycles. The lowest BCUT2D eigenvalue weighted by molar-refractivity contribution is 0.0939. The van der Waals surface area contributed by atoms with Crippen LogP contribution in [0.3, 0.4) is 0 Å². The molecule has 2 heterocycles. The van der Waals surface area contributed by atoms with E-state index < -0.39 is 6.09 Å². The van der Waals surface area contributed by atoms with Crippen LogP contribution in [-0.2, 0) is 11.3 Å². The van der Waals surface area contributed by atoms with Gasteiger partial charge in [0.25, 0.3) is 5.91 Å². The van der Waals surface area contributed by atoms with Crippen LogP contribution in [0.25, 0.3) is 11.1 Å². The van der Waals surface area contributed by atoms with Gasteiger partial charge in [0.1, 0.15) is 18.2 Å². The molecule has 0 aliphatic carbocycles. The van der Waals surface area contributed by atoms with Crippen LogP contribution in [0.15, 0.2) is 60.8 Å². The maximum atomic E-state index is 12.8. The predicted molar refractivity (Wildman–Crippen MR) is 122 cm³/mol. The summed E-state index contributed by atoms with van der Waals surface area (Å²) in [5.74, 6) is 0.836. The van der Waals surface area contributed by atoms with Gasteiger partial charge in [-0.2, -0.15) is 0 Å². The van der Waals surface area contributed by atoms with Crippen molar-refractivity contribution in [3.05, 3.63) is 77.5 Å². The number of anilines is 1. The van der Waals surface area contributed by atoms with Gasteiger partial charge in [0.05, 0.1) is 18.3 Å². The SMILES string of the molecule is CC(C)OC(=O)Nc1cc2c(cn1)OCc1cc(C(=O)NC(C)c3ccccc3)ccc1-2. The topological polar surface area (TPSA) is 89.6 Å². The summed E-state index contributed by atoms with van der Waals surface area (Å²) in [4.78, 5) is 28.9. The Labute approximate surface area is 186 Å². The molecule has 0 saturated carbocycles. The largest absolute Gasteiger partial charge is 0.487 e. The van der Waals surface area contributed by atoms with Crippen LogP contribution in [0, 0.1) is 0 Å². The van der Waals surface area contributed by atoms with E-state index in [0.29, 0.717) is 23.7 Å². The van der Waals surface area contributed by atoms with Gasteiger partial charge in [0.15, 0.2) is 0 Å². The summed E-state index contributed by atoms with van der Waals surface area (Å²) in [7, 11) is 0. The molecule has 2 aromatic carbocycles. The average molecular weight is 431 g/mol. The first-order chi connectivity index (χ1) is 15.4. The number of aromatic nitrogens is 1. The molecular formula is C25H25N3O4. The van der Waals surface area contributed by atoms with Crippen LogP contribution in [0.2, 0.25) is 0 Å². The summed E-state index contributed by atoms with van der Waals surface area (Å²) >= 11 is 0. The molecule has 7 nitrogen and oxygen atoms in total. The van der Waals surface area contributed by atoms with Gasteiger partial charge in [0.2, 0.25) is 0 Å². The van der Waals surface area contributed by atoms with Gasteiger partial charge in [-0.15, -0.1) is 0 Å². The van der Waals surface area contributed by atoms with Crippen molar-refractivity contribution >= 4 is 17.8 Å². The van der Waals surface area contributed by atoms with E-state index in [1.54, 1.807) is 32.2 Å². The number of nitrogens with one attached hydrogen (secondary N) is 2. The maximum absolute atomic E-state index is 12.8. The number of nitrogens with zero attached hydrogens (tertiary/aromatic N) is 1. The fourth-order valence-electron chi connectivity index (χ4n) is 3.56. The van der Waals surface area contributed by atoms with Crippen molar-refractivity contribution in [2.24, 2.45) is 0 Å². The number of ether oxygens (including phenoxy) is 2. The molecule has 1 aliphatic rings. The Morgan fingerprint density at radius 3 is 2.56 bits per heavy atom. The number of carbonyl (C=O) groups excluding carboxylic acids is 2. The minimum absolute atomic E-state index is 0.109. The molecule has 4 rings (SSSR count). The molecule has 1 aliphatic heterocycles. The molecule has 0 fully saturated rings. The number of rotatable bonds is 5. The van der Waals surface area contributed by atoms with Crippen LogP contribution in [0.1, 0.15) is 48.3 Å². The Morgan fingerprint density at radius 2 is 1.81 bits per heavy atom. The van der Waals surface area contributed by atoms with Crippen LogP contribution in [-0.4, -0.2) is 23.1 Å². The predicted octanol–water partition coefficient (Wildman–Crippen LogP) is 5.09. The average Bonchev–Trinajstić information content (AvgIpc) is 2.78. The van der Waals surface area contributed by atoms with Crippen molar-refractivity contribution in [1.82, 2.24) is 10.3 Å². The molecule has 2 amide bonds. The zero-order valence-electron chi connectivity index (χ0n) is 18.2. The summed E-state index contributed by atoms with van der Waals surface area (Å²) in [6.45, 7) is 5.84. The normalized spacial score (nSPS) is 12.8. The first kappa shape index (κ1) is 21.4. The molecule has 0 spiro atoms. The van der Waals surface area contributed by atoms with Gasteiger partial charge in [0, 0.05) is 11.1 Å². The molecule has 32 heavy (non-hydrogen) atoms. The van der Waals surface area contributed by atoms with Gasteiger partial charge in [-0.1, -0.05) is 36.4 Å². The Morgan fingerprint density at radius 1 is 1.03 bits per heavy atom. The lowest BCUT2D eigenvalue weighted by Gasteiger charge is -2.22. The van der Waals surface area contributed by atoms with Crippen molar-refractivity contribution < 1.29 is 19.1 Å². The summed E-state index contributed by atoms with van der Waals surface area (Å²) in [6.07, 6.45) is 0.778. The van der Waals surface area contributed by atoms with E-state index >= 15 is 0 Å². The maximum Gasteiger partial charge on any atom is 0.413 e. The molecule has 1 atom stereocenters. The van der Waals surface area contributed by atoms with Gasteiger partial charge in [-0.25, -0.2) is 9.78 Å². The van der Waals surface area contributed by atoms with Gasteiger partial charge in [-0.05, 0) is 55.7 Å². The number of carbonyl (C=O) groups is 2. The zero-order chi connectivity index (χ0) is 22.7. The third kappa shape index (κ3) is 4.72. The first-order valence-electron chi connectivity index (χ1n) is 10.5. The van der Waals surface area contributed by atoms with Crippen molar-refractivity contribution in [3.63, 3.8) is 0 Å². The Kier molecular flexibility index (Phi) is 6.07. The van der Waals surface area contributed by atoms with Gasteiger partial charge < -0.3 is 14.8 Å². The van der Waals surface area contributed by atoms with Crippen molar-refractivity contribution in [2.75, 3.05) is 5.32 Å². The van der Waals surface area contributed by atoms with Gasteiger partial charge >= 0.3 is 6.09 Å². The number of fused-ring (bicyclic) bond motifs is 3. The summed E-state index contributed by atoms with van der Waals surface area (Å²) in [5, 5.41) is 5.66. The highest BCUT2D eigenvalue weighted by atomic mass is 16.6. The number of hydrogen-bond acceptors (Lipinski definition) is 5. The first-order valence-corrected chi connectivity index (χ1v) is 10.5. The second kappa shape index (κ2) is 9.09. The molecule has 7 heteroatoms.